The third-order valence-electron chi connectivity index (χ3n) is 3.89. The standard InChI is InChI=1S/C18H20N4/c1-4-10-22-14(5-2)15(13-8-6-12(3)7-9-13)16-17(19)20-11-21-18(16)22/h5-9,11H,2,4,10H2,1,3H3,(H2,19,20,21). The fourth-order valence-corrected chi connectivity index (χ4v) is 2.89. The molecule has 0 aliphatic rings. The van der Waals surface area contributed by atoms with Crippen molar-refractivity contribution in [1.82, 2.24) is 14.5 Å². The van der Waals surface area contributed by atoms with Crippen molar-refractivity contribution in [2.24, 2.45) is 0 Å². The first-order valence-corrected chi connectivity index (χ1v) is 7.49. The summed E-state index contributed by atoms with van der Waals surface area (Å²) in [7, 11) is 0. The first-order valence-electron chi connectivity index (χ1n) is 7.49. The lowest BCUT2D eigenvalue weighted by atomic mass is 10.0. The van der Waals surface area contributed by atoms with E-state index >= 15 is 0 Å². The Balaban J connectivity index is 2.41. The molecule has 0 aliphatic heterocycles. The summed E-state index contributed by atoms with van der Waals surface area (Å²) in [5.41, 5.74) is 11.5. The summed E-state index contributed by atoms with van der Waals surface area (Å²) in [4.78, 5) is 8.64. The third kappa shape index (κ3) is 2.17. The van der Waals surface area contributed by atoms with Gasteiger partial charge in [0.05, 0.1) is 11.1 Å². The van der Waals surface area contributed by atoms with Crippen molar-refractivity contribution in [1.29, 1.82) is 0 Å². The van der Waals surface area contributed by atoms with E-state index in [1.807, 2.05) is 6.08 Å². The highest BCUT2D eigenvalue weighted by molar-refractivity contribution is 6.04. The van der Waals surface area contributed by atoms with Crippen LogP contribution in [0.1, 0.15) is 24.6 Å². The molecule has 0 saturated heterocycles. The monoisotopic (exact) mass is 292 g/mol. The van der Waals surface area contributed by atoms with Crippen molar-refractivity contribution in [3.8, 4) is 11.1 Å². The Labute approximate surface area is 130 Å². The predicted molar refractivity (Wildman–Crippen MR) is 92.5 cm³/mol. The molecule has 0 bridgehead atoms. The van der Waals surface area contributed by atoms with E-state index in [-0.39, 0.29) is 0 Å². The van der Waals surface area contributed by atoms with Crippen LogP contribution in [0.4, 0.5) is 5.82 Å². The largest absolute Gasteiger partial charge is 0.383 e. The van der Waals surface area contributed by atoms with E-state index in [0.29, 0.717) is 5.82 Å². The zero-order valence-corrected chi connectivity index (χ0v) is 13.0. The second-order valence-corrected chi connectivity index (χ2v) is 5.44. The van der Waals surface area contributed by atoms with Crippen LogP contribution >= 0.6 is 0 Å². The Morgan fingerprint density at radius 3 is 2.59 bits per heavy atom. The molecule has 2 heterocycles. The Morgan fingerprint density at radius 1 is 1.23 bits per heavy atom. The molecule has 3 rings (SSSR count). The van der Waals surface area contributed by atoms with E-state index in [1.54, 1.807) is 0 Å². The number of aryl methyl sites for hydroxylation is 2. The van der Waals surface area contributed by atoms with Crippen LogP contribution in [-0.2, 0) is 6.54 Å². The van der Waals surface area contributed by atoms with Crippen molar-refractivity contribution in [2.75, 3.05) is 5.73 Å². The highest BCUT2D eigenvalue weighted by Gasteiger charge is 2.19. The number of benzene rings is 1. The van der Waals surface area contributed by atoms with Crippen LogP contribution in [0.5, 0.6) is 0 Å². The molecule has 0 saturated carbocycles. The number of rotatable bonds is 4. The normalized spacial score (nSPS) is 11.0. The molecule has 112 valence electrons. The molecule has 2 N–H and O–H groups in total. The fourth-order valence-electron chi connectivity index (χ4n) is 2.89. The van der Waals surface area contributed by atoms with Crippen LogP contribution in [0.2, 0.25) is 0 Å². The maximum atomic E-state index is 6.16. The zero-order chi connectivity index (χ0) is 15.7. The van der Waals surface area contributed by atoms with Gasteiger partial charge in [-0.2, -0.15) is 0 Å². The molecule has 22 heavy (non-hydrogen) atoms. The van der Waals surface area contributed by atoms with Crippen LogP contribution in [0, 0.1) is 6.92 Å². The van der Waals surface area contributed by atoms with Crippen LogP contribution in [0.25, 0.3) is 28.2 Å². The molecule has 3 aromatic rings. The number of nitrogens with two attached hydrogens (primary N) is 1. The molecule has 4 nitrogen and oxygen atoms in total. The summed E-state index contributed by atoms with van der Waals surface area (Å²) in [6.45, 7) is 9.09. The fraction of sp³-hybridized carbons (Fsp3) is 0.222. The van der Waals surface area contributed by atoms with Crippen molar-refractivity contribution in [3.05, 3.63) is 48.4 Å². The molecule has 0 atom stereocenters. The van der Waals surface area contributed by atoms with Gasteiger partial charge >= 0.3 is 0 Å². The number of fused-ring (bicyclic) bond motifs is 1. The Morgan fingerprint density at radius 2 is 1.95 bits per heavy atom. The van der Waals surface area contributed by atoms with Crippen LogP contribution in [0.3, 0.4) is 0 Å². The molecule has 0 spiro atoms. The number of anilines is 1. The van der Waals surface area contributed by atoms with Gasteiger partial charge in [0, 0.05) is 12.1 Å². The summed E-state index contributed by atoms with van der Waals surface area (Å²) in [5.74, 6) is 0.513. The molecule has 0 unspecified atom stereocenters. The third-order valence-corrected chi connectivity index (χ3v) is 3.89. The highest BCUT2D eigenvalue weighted by atomic mass is 15.1. The molecule has 4 heteroatoms. The summed E-state index contributed by atoms with van der Waals surface area (Å²) in [6.07, 6.45) is 4.42. The average molecular weight is 292 g/mol. The Kier molecular flexibility index (Phi) is 3.67. The van der Waals surface area contributed by atoms with Crippen LogP contribution in [0.15, 0.2) is 37.2 Å². The SMILES string of the molecule is C=Cc1c(-c2ccc(C)cc2)c2c(N)ncnc2n1CCC. The van der Waals surface area contributed by atoms with Crippen molar-refractivity contribution >= 4 is 22.9 Å². The van der Waals surface area contributed by atoms with Crippen LogP contribution < -0.4 is 5.73 Å². The molecule has 0 radical (unpaired) electrons. The molecule has 1 aromatic carbocycles. The maximum absolute atomic E-state index is 6.16. The van der Waals surface area contributed by atoms with E-state index in [2.05, 4.69) is 59.2 Å². The lowest BCUT2D eigenvalue weighted by molar-refractivity contribution is 0.692. The molecular weight excluding hydrogens is 272 g/mol. The minimum Gasteiger partial charge on any atom is -0.383 e. The van der Waals surface area contributed by atoms with E-state index in [4.69, 9.17) is 5.73 Å². The maximum Gasteiger partial charge on any atom is 0.146 e. The summed E-state index contributed by atoms with van der Waals surface area (Å²) >= 11 is 0. The first kappa shape index (κ1) is 14.3. The minimum atomic E-state index is 0.513. The summed E-state index contributed by atoms with van der Waals surface area (Å²) in [5, 5.41) is 0.912. The second-order valence-electron chi connectivity index (χ2n) is 5.44. The van der Waals surface area contributed by atoms with Crippen molar-refractivity contribution in [3.63, 3.8) is 0 Å². The van der Waals surface area contributed by atoms with E-state index in [1.165, 1.54) is 11.9 Å². The van der Waals surface area contributed by atoms with Gasteiger partial charge in [-0.3, -0.25) is 0 Å². The Hall–Kier alpha value is -2.62. The molecule has 0 amide bonds. The number of aromatic nitrogens is 3. The average Bonchev–Trinajstić information content (AvgIpc) is 2.84. The number of nitrogens with zero attached hydrogens (tertiary/aromatic N) is 3. The van der Waals surface area contributed by atoms with Crippen LogP contribution in [-0.4, -0.2) is 14.5 Å². The second kappa shape index (κ2) is 5.64. The number of nitrogen functional groups attached to an aromatic ring is 1. The van der Waals surface area contributed by atoms with Gasteiger partial charge < -0.3 is 10.3 Å². The quantitative estimate of drug-likeness (QED) is 0.789. The lowest BCUT2D eigenvalue weighted by Gasteiger charge is -2.07. The van der Waals surface area contributed by atoms with E-state index in [9.17, 15) is 0 Å². The lowest BCUT2D eigenvalue weighted by Crippen LogP contribution is -2.01. The molecule has 0 aliphatic carbocycles. The summed E-state index contributed by atoms with van der Waals surface area (Å²) in [6, 6.07) is 8.43. The zero-order valence-electron chi connectivity index (χ0n) is 13.0. The van der Waals surface area contributed by atoms with E-state index < -0.39 is 0 Å². The number of hydrogen-bond donors (Lipinski definition) is 1. The van der Waals surface area contributed by atoms with Gasteiger partial charge in [0.25, 0.3) is 0 Å². The topological polar surface area (TPSA) is 56.7 Å². The van der Waals surface area contributed by atoms with Gasteiger partial charge in [0.15, 0.2) is 0 Å². The smallest absolute Gasteiger partial charge is 0.146 e. The minimum absolute atomic E-state index is 0.513. The van der Waals surface area contributed by atoms with Gasteiger partial charge in [-0.1, -0.05) is 43.3 Å². The van der Waals surface area contributed by atoms with Crippen molar-refractivity contribution < 1.29 is 0 Å². The molecule has 0 fully saturated rings. The van der Waals surface area contributed by atoms with Gasteiger partial charge in [-0.25, -0.2) is 9.97 Å². The van der Waals surface area contributed by atoms with Gasteiger partial charge in [-0.05, 0) is 25.0 Å². The highest BCUT2D eigenvalue weighted by Crippen LogP contribution is 2.37. The van der Waals surface area contributed by atoms with Gasteiger partial charge in [-0.15, -0.1) is 0 Å². The molecular formula is C18H20N4. The first-order chi connectivity index (χ1) is 10.7. The Bertz CT molecular complexity index is 828. The van der Waals surface area contributed by atoms with E-state index in [0.717, 1.165) is 40.8 Å². The van der Waals surface area contributed by atoms with Gasteiger partial charge in [0.2, 0.25) is 0 Å². The number of hydrogen-bond acceptors (Lipinski definition) is 3. The van der Waals surface area contributed by atoms with Crippen molar-refractivity contribution in [2.45, 2.75) is 26.8 Å². The van der Waals surface area contributed by atoms with Gasteiger partial charge in [0.1, 0.15) is 17.8 Å². The predicted octanol–water partition coefficient (Wildman–Crippen LogP) is 4.04. The summed E-state index contributed by atoms with van der Waals surface area (Å²) < 4.78 is 2.18. The molecule has 2 aromatic heterocycles.